The smallest absolute Gasteiger partial charge is 0.407 e. The first-order valence-corrected chi connectivity index (χ1v) is 20.3. The quantitative estimate of drug-likeness (QED) is 0.103. The largest absolute Gasteiger partial charge is 0.464 e. The molecule has 0 saturated carbocycles. The topological polar surface area (TPSA) is 214 Å². The standard InChI is InChI=1S/C43H49N9O8/c1-22(2)33(49-42(55)57-5)40(53)51-16-7-9-31(51)38-44-19-29(47-38)27-13-11-24(26-15-18-59-36(26)27)25-12-14-28(37-35(25)46-21-60-37)30-20-45-39(48-30)32-10-8-17-52(32)41(54)34(23(3)4)50-43(56)58-6/h11-15,18-23,31-34H,7-10,16-17H2,1-6H3,(H,44,47)(H,45,48)(H,49,55)(H,50,56)/t31-,32-,33-,34-/m0/s1. The number of carbonyl (C=O) groups is 4. The summed E-state index contributed by atoms with van der Waals surface area (Å²) in [7, 11) is 2.56. The molecule has 2 aromatic carbocycles. The van der Waals surface area contributed by atoms with Crippen LogP contribution in [0.4, 0.5) is 9.59 Å². The van der Waals surface area contributed by atoms with Gasteiger partial charge in [0, 0.05) is 35.2 Å². The molecule has 8 rings (SSSR count). The number of aromatic amines is 2. The number of hydrogen-bond donors (Lipinski definition) is 4. The van der Waals surface area contributed by atoms with Gasteiger partial charge in [-0.15, -0.1) is 0 Å². The highest BCUT2D eigenvalue weighted by Gasteiger charge is 2.39. The molecule has 6 aromatic rings. The van der Waals surface area contributed by atoms with Crippen molar-refractivity contribution in [1.29, 1.82) is 0 Å². The number of oxazole rings is 1. The highest BCUT2D eigenvalue weighted by Crippen LogP contribution is 2.42. The van der Waals surface area contributed by atoms with E-state index >= 15 is 0 Å². The Hall–Kier alpha value is -6.65. The van der Waals surface area contributed by atoms with Crippen molar-refractivity contribution < 1.29 is 37.5 Å². The molecule has 2 fully saturated rings. The number of methoxy groups -OCH3 is 2. The van der Waals surface area contributed by atoms with Gasteiger partial charge in [0.2, 0.25) is 11.8 Å². The summed E-state index contributed by atoms with van der Waals surface area (Å²) in [5.41, 5.74) is 6.63. The predicted octanol–water partition coefficient (Wildman–Crippen LogP) is 7.11. The van der Waals surface area contributed by atoms with E-state index in [0.717, 1.165) is 59.0 Å². The van der Waals surface area contributed by atoms with Gasteiger partial charge in [0.1, 0.15) is 34.8 Å². The van der Waals surface area contributed by atoms with Gasteiger partial charge in [-0.05, 0) is 61.3 Å². The van der Waals surface area contributed by atoms with Crippen molar-refractivity contribution in [3.63, 3.8) is 0 Å². The lowest BCUT2D eigenvalue weighted by Crippen LogP contribution is -2.51. The number of carbonyl (C=O) groups excluding carboxylic acids is 4. The van der Waals surface area contributed by atoms with Crippen LogP contribution in [-0.4, -0.2) is 98.1 Å². The number of ether oxygens (including phenoxy) is 2. The molecule has 0 radical (unpaired) electrons. The molecule has 0 bridgehead atoms. The Balaban J connectivity index is 1.05. The average molecular weight is 820 g/mol. The molecule has 17 nitrogen and oxygen atoms in total. The number of alkyl carbamates (subject to hydrolysis) is 2. The zero-order chi connectivity index (χ0) is 42.2. The van der Waals surface area contributed by atoms with Crippen molar-refractivity contribution in [2.24, 2.45) is 11.8 Å². The molecule has 60 heavy (non-hydrogen) atoms. The summed E-state index contributed by atoms with van der Waals surface area (Å²) in [4.78, 5) is 76.1. The third kappa shape index (κ3) is 7.32. The molecule has 17 heteroatoms. The number of fused-ring (bicyclic) bond motifs is 2. The summed E-state index contributed by atoms with van der Waals surface area (Å²) in [6, 6.07) is 7.85. The number of H-pyrrole nitrogens is 2. The maximum absolute atomic E-state index is 13.7. The van der Waals surface area contributed by atoms with Crippen molar-refractivity contribution in [2.45, 2.75) is 77.5 Å². The molecule has 6 heterocycles. The fourth-order valence-corrected chi connectivity index (χ4v) is 8.56. The van der Waals surface area contributed by atoms with Crippen LogP contribution >= 0.6 is 0 Å². The second-order valence-electron chi connectivity index (χ2n) is 16.0. The Labute approximate surface area is 345 Å². The Kier molecular flexibility index (Phi) is 11.1. The first-order valence-electron chi connectivity index (χ1n) is 20.3. The van der Waals surface area contributed by atoms with Crippen LogP contribution in [0.25, 0.3) is 55.7 Å². The average Bonchev–Trinajstić information content (AvgIpc) is 4.10. The number of nitrogens with one attached hydrogen (secondary N) is 4. The molecule has 2 saturated heterocycles. The molecule has 0 unspecified atom stereocenters. The fraction of sp³-hybridized carbons (Fsp3) is 0.419. The van der Waals surface area contributed by atoms with Crippen LogP contribution in [0.1, 0.15) is 77.1 Å². The van der Waals surface area contributed by atoms with E-state index < -0.39 is 24.3 Å². The number of benzene rings is 2. The molecule has 2 aliphatic rings. The number of aromatic nitrogens is 5. The second kappa shape index (κ2) is 16.5. The van der Waals surface area contributed by atoms with E-state index in [9.17, 15) is 19.2 Å². The number of amides is 4. The van der Waals surface area contributed by atoms with Crippen LogP contribution in [0.5, 0.6) is 0 Å². The first-order chi connectivity index (χ1) is 29.0. The van der Waals surface area contributed by atoms with Crippen molar-refractivity contribution in [2.75, 3.05) is 27.3 Å². The summed E-state index contributed by atoms with van der Waals surface area (Å²) >= 11 is 0. The van der Waals surface area contributed by atoms with Gasteiger partial charge in [0.25, 0.3) is 0 Å². The molecule has 4 aromatic heterocycles. The minimum atomic E-state index is -0.733. The van der Waals surface area contributed by atoms with Gasteiger partial charge < -0.3 is 48.7 Å². The van der Waals surface area contributed by atoms with Crippen LogP contribution in [0.3, 0.4) is 0 Å². The summed E-state index contributed by atoms with van der Waals surface area (Å²) in [6.07, 6.45) is 8.34. The number of imidazole rings is 2. The molecular formula is C43H49N9O8. The Bertz CT molecular complexity index is 2380. The zero-order valence-corrected chi connectivity index (χ0v) is 34.4. The molecule has 4 N–H and O–H groups in total. The number of hydrogen-bond acceptors (Lipinski definition) is 11. The minimum absolute atomic E-state index is 0.141. The lowest BCUT2D eigenvalue weighted by Gasteiger charge is -2.30. The molecule has 0 aliphatic carbocycles. The van der Waals surface area contributed by atoms with Gasteiger partial charge in [0.05, 0.1) is 56.3 Å². The van der Waals surface area contributed by atoms with E-state index in [0.29, 0.717) is 47.1 Å². The van der Waals surface area contributed by atoms with Crippen LogP contribution in [0.2, 0.25) is 0 Å². The van der Waals surface area contributed by atoms with E-state index in [1.807, 2.05) is 58.0 Å². The maximum Gasteiger partial charge on any atom is 0.407 e. The van der Waals surface area contributed by atoms with Gasteiger partial charge in [-0.2, -0.15) is 0 Å². The molecule has 2 aliphatic heterocycles. The molecular weight excluding hydrogens is 771 g/mol. The SMILES string of the molecule is COC(=O)N[C@H](C(=O)N1CCC[C@H]1c1ncc(-c2ccc(-c3ccc(-c4cnc([C@@H]5CCCN5C(=O)[C@@H](NC(=O)OC)C(C)C)[nH]4)c4ocnc34)c3ccoc23)[nH]1)C(C)C. The highest BCUT2D eigenvalue weighted by molar-refractivity contribution is 6.08. The second-order valence-corrected chi connectivity index (χ2v) is 16.0. The fourth-order valence-electron chi connectivity index (χ4n) is 8.56. The van der Waals surface area contributed by atoms with Gasteiger partial charge in [-0.3, -0.25) is 9.59 Å². The van der Waals surface area contributed by atoms with Crippen LogP contribution in [0, 0.1) is 11.8 Å². The molecule has 4 amide bonds. The summed E-state index contributed by atoms with van der Waals surface area (Å²) in [6.45, 7) is 8.64. The van der Waals surface area contributed by atoms with E-state index in [4.69, 9.17) is 28.3 Å². The Morgan fingerprint density at radius 3 is 1.70 bits per heavy atom. The van der Waals surface area contributed by atoms with E-state index in [-0.39, 0.29) is 35.7 Å². The number of likely N-dealkylation sites (tertiary alicyclic amines) is 2. The number of furan rings is 1. The number of rotatable bonds is 11. The summed E-state index contributed by atoms with van der Waals surface area (Å²) in [5, 5.41) is 6.25. The van der Waals surface area contributed by atoms with Gasteiger partial charge in [-0.25, -0.2) is 24.5 Å². The first kappa shape index (κ1) is 40.1. The van der Waals surface area contributed by atoms with Gasteiger partial charge in [0.15, 0.2) is 12.0 Å². The van der Waals surface area contributed by atoms with Crippen LogP contribution < -0.4 is 10.6 Å². The van der Waals surface area contributed by atoms with Crippen LogP contribution in [-0.2, 0) is 19.1 Å². The normalized spacial score (nSPS) is 17.8. The van der Waals surface area contributed by atoms with Crippen LogP contribution in [0.15, 0.2) is 64.2 Å². The minimum Gasteiger partial charge on any atom is -0.464 e. The van der Waals surface area contributed by atoms with Gasteiger partial charge in [-0.1, -0.05) is 39.8 Å². The lowest BCUT2D eigenvalue weighted by atomic mass is 9.96. The van der Waals surface area contributed by atoms with Crippen molar-refractivity contribution in [3.8, 4) is 33.6 Å². The summed E-state index contributed by atoms with van der Waals surface area (Å²) < 4.78 is 21.7. The highest BCUT2D eigenvalue weighted by atomic mass is 16.5. The predicted molar refractivity (Wildman–Crippen MR) is 220 cm³/mol. The summed E-state index contributed by atoms with van der Waals surface area (Å²) in [5.74, 6) is 0.665. The van der Waals surface area contributed by atoms with Gasteiger partial charge >= 0.3 is 12.2 Å². The van der Waals surface area contributed by atoms with Crippen molar-refractivity contribution in [1.82, 2.24) is 45.4 Å². The monoisotopic (exact) mass is 819 g/mol. The molecule has 0 spiro atoms. The molecule has 314 valence electrons. The van der Waals surface area contributed by atoms with E-state index in [1.54, 1.807) is 28.5 Å². The zero-order valence-electron chi connectivity index (χ0n) is 34.4. The third-order valence-corrected chi connectivity index (χ3v) is 11.6. The Morgan fingerprint density at radius 2 is 1.18 bits per heavy atom. The Morgan fingerprint density at radius 1 is 0.683 bits per heavy atom. The lowest BCUT2D eigenvalue weighted by molar-refractivity contribution is -0.136. The van der Waals surface area contributed by atoms with Crippen molar-refractivity contribution >= 4 is 46.1 Å². The van der Waals surface area contributed by atoms with Crippen molar-refractivity contribution in [3.05, 3.63) is 67.0 Å². The maximum atomic E-state index is 13.7. The number of nitrogens with zero attached hydrogens (tertiary/aromatic N) is 5. The molecule has 4 atom stereocenters. The van der Waals surface area contributed by atoms with E-state index in [2.05, 4.69) is 25.6 Å². The van der Waals surface area contributed by atoms with E-state index in [1.165, 1.54) is 20.6 Å². The third-order valence-electron chi connectivity index (χ3n) is 11.6.